The van der Waals surface area contributed by atoms with E-state index >= 15 is 0 Å². The largest absolute Gasteiger partial charge is 0.347 e. The summed E-state index contributed by atoms with van der Waals surface area (Å²) in [5.41, 5.74) is -0.596. The van der Waals surface area contributed by atoms with E-state index in [1.807, 2.05) is 0 Å². The number of carbonyl (C=O) groups excluding carboxylic acids is 4. The average Bonchev–Trinajstić information content (AvgIpc) is 2.28. The van der Waals surface area contributed by atoms with E-state index in [1.54, 1.807) is 20.8 Å². The van der Waals surface area contributed by atoms with Crippen LogP contribution >= 0.6 is 0 Å². The zero-order valence-electron chi connectivity index (χ0n) is 11.6. The maximum absolute atomic E-state index is 11.9. The van der Waals surface area contributed by atoms with Crippen molar-refractivity contribution in [2.24, 2.45) is 5.41 Å². The molecule has 1 fully saturated rings. The SMILES string of the molecule is CC1C(=O)NC(=O)CN1C(=O)CNC(=O)C(C)(C)C. The number of piperazine rings is 1. The fourth-order valence-electron chi connectivity index (χ4n) is 1.54. The van der Waals surface area contributed by atoms with Crippen molar-refractivity contribution in [3.63, 3.8) is 0 Å². The topological polar surface area (TPSA) is 95.6 Å². The van der Waals surface area contributed by atoms with Crippen molar-refractivity contribution >= 4 is 23.6 Å². The number of amides is 4. The summed E-state index contributed by atoms with van der Waals surface area (Å²) in [6.07, 6.45) is 0. The maximum Gasteiger partial charge on any atom is 0.249 e. The van der Waals surface area contributed by atoms with Crippen molar-refractivity contribution in [3.05, 3.63) is 0 Å². The molecular weight excluding hydrogens is 250 g/mol. The summed E-state index contributed by atoms with van der Waals surface area (Å²) in [4.78, 5) is 47.3. The lowest BCUT2D eigenvalue weighted by Gasteiger charge is -2.32. The molecule has 0 aromatic carbocycles. The second-order valence-electron chi connectivity index (χ2n) is 5.54. The molecule has 2 N–H and O–H groups in total. The second-order valence-corrected chi connectivity index (χ2v) is 5.54. The lowest BCUT2D eigenvalue weighted by molar-refractivity contribution is -0.149. The fraction of sp³-hybridized carbons (Fsp3) is 0.667. The van der Waals surface area contributed by atoms with Crippen LogP contribution in [0.1, 0.15) is 27.7 Å². The Morgan fingerprint density at radius 3 is 2.47 bits per heavy atom. The molecule has 1 atom stereocenters. The summed E-state index contributed by atoms with van der Waals surface area (Å²) < 4.78 is 0. The quantitative estimate of drug-likeness (QED) is 0.630. The van der Waals surface area contributed by atoms with E-state index in [0.29, 0.717) is 0 Å². The molecule has 0 radical (unpaired) electrons. The van der Waals surface area contributed by atoms with E-state index in [4.69, 9.17) is 0 Å². The van der Waals surface area contributed by atoms with Crippen LogP contribution in [0.3, 0.4) is 0 Å². The first-order valence-corrected chi connectivity index (χ1v) is 6.04. The molecule has 1 aliphatic rings. The third-order valence-electron chi connectivity index (χ3n) is 2.83. The summed E-state index contributed by atoms with van der Waals surface area (Å²) in [5.74, 6) is -1.74. The first-order chi connectivity index (χ1) is 8.62. The molecule has 1 aliphatic heterocycles. The molecule has 1 rings (SSSR count). The van der Waals surface area contributed by atoms with Crippen molar-refractivity contribution in [1.29, 1.82) is 0 Å². The van der Waals surface area contributed by atoms with Crippen LogP contribution in [0, 0.1) is 5.41 Å². The molecule has 0 aliphatic carbocycles. The summed E-state index contributed by atoms with van der Waals surface area (Å²) in [5, 5.41) is 4.64. The lowest BCUT2D eigenvalue weighted by atomic mass is 9.96. The highest BCUT2D eigenvalue weighted by atomic mass is 16.2. The Balaban J connectivity index is 2.60. The van der Waals surface area contributed by atoms with Gasteiger partial charge in [-0.1, -0.05) is 20.8 Å². The highest BCUT2D eigenvalue weighted by Gasteiger charge is 2.33. The van der Waals surface area contributed by atoms with Gasteiger partial charge in [0, 0.05) is 5.41 Å². The Labute approximate surface area is 111 Å². The second kappa shape index (κ2) is 5.38. The van der Waals surface area contributed by atoms with Gasteiger partial charge >= 0.3 is 0 Å². The minimum atomic E-state index is -0.711. The number of hydrogen-bond donors (Lipinski definition) is 2. The van der Waals surface area contributed by atoms with Gasteiger partial charge < -0.3 is 10.2 Å². The van der Waals surface area contributed by atoms with Crippen LogP contribution in [0.15, 0.2) is 0 Å². The van der Waals surface area contributed by atoms with Crippen molar-refractivity contribution in [2.45, 2.75) is 33.7 Å². The third-order valence-corrected chi connectivity index (χ3v) is 2.83. The van der Waals surface area contributed by atoms with Crippen molar-refractivity contribution in [2.75, 3.05) is 13.1 Å². The number of nitrogens with one attached hydrogen (secondary N) is 2. The zero-order valence-corrected chi connectivity index (χ0v) is 11.6. The van der Waals surface area contributed by atoms with Crippen LogP contribution in [-0.2, 0) is 19.2 Å². The van der Waals surface area contributed by atoms with E-state index in [1.165, 1.54) is 6.92 Å². The predicted octanol–water partition coefficient (Wildman–Crippen LogP) is -0.978. The van der Waals surface area contributed by atoms with E-state index < -0.39 is 29.2 Å². The van der Waals surface area contributed by atoms with Crippen LogP contribution < -0.4 is 10.6 Å². The molecule has 0 spiro atoms. The van der Waals surface area contributed by atoms with Gasteiger partial charge in [-0.25, -0.2) is 0 Å². The van der Waals surface area contributed by atoms with Crippen LogP contribution in [0.5, 0.6) is 0 Å². The number of rotatable bonds is 2. The van der Waals surface area contributed by atoms with Gasteiger partial charge in [0.25, 0.3) is 0 Å². The number of hydrogen-bond acceptors (Lipinski definition) is 4. The zero-order chi connectivity index (χ0) is 14.8. The monoisotopic (exact) mass is 269 g/mol. The van der Waals surface area contributed by atoms with Gasteiger partial charge in [-0.15, -0.1) is 0 Å². The van der Waals surface area contributed by atoms with Crippen molar-refractivity contribution in [1.82, 2.24) is 15.5 Å². The molecule has 0 aromatic heterocycles. The molecular formula is C12H19N3O4. The Morgan fingerprint density at radius 1 is 1.37 bits per heavy atom. The Hall–Kier alpha value is -1.92. The molecule has 4 amide bonds. The first-order valence-electron chi connectivity index (χ1n) is 6.04. The summed E-state index contributed by atoms with van der Waals surface area (Å²) in [7, 11) is 0. The highest BCUT2D eigenvalue weighted by molar-refractivity contribution is 6.04. The summed E-state index contributed by atoms with van der Waals surface area (Å²) >= 11 is 0. The standard InChI is InChI=1S/C12H19N3O4/c1-7-10(18)14-8(16)6-15(7)9(17)5-13-11(19)12(2,3)4/h7H,5-6H2,1-4H3,(H,13,19)(H,14,16,18). The lowest BCUT2D eigenvalue weighted by Crippen LogP contribution is -2.60. The smallest absolute Gasteiger partial charge is 0.249 e. The molecule has 19 heavy (non-hydrogen) atoms. The molecule has 7 nitrogen and oxygen atoms in total. The Morgan fingerprint density at radius 2 is 1.95 bits per heavy atom. The molecule has 1 heterocycles. The molecule has 0 aromatic rings. The first kappa shape index (κ1) is 15.1. The van der Waals surface area contributed by atoms with Crippen LogP contribution in [0.25, 0.3) is 0 Å². The van der Waals surface area contributed by atoms with Gasteiger partial charge in [-0.05, 0) is 6.92 Å². The molecule has 0 saturated carbocycles. The maximum atomic E-state index is 11.9. The van der Waals surface area contributed by atoms with Gasteiger partial charge in [-0.2, -0.15) is 0 Å². The van der Waals surface area contributed by atoms with E-state index in [2.05, 4.69) is 10.6 Å². The molecule has 7 heteroatoms. The Kier molecular flexibility index (Phi) is 4.28. The van der Waals surface area contributed by atoms with Crippen molar-refractivity contribution in [3.8, 4) is 0 Å². The van der Waals surface area contributed by atoms with Crippen LogP contribution in [0.2, 0.25) is 0 Å². The van der Waals surface area contributed by atoms with Crippen LogP contribution in [0.4, 0.5) is 0 Å². The normalized spacial score (nSPS) is 20.0. The van der Waals surface area contributed by atoms with Crippen LogP contribution in [-0.4, -0.2) is 47.7 Å². The van der Waals surface area contributed by atoms with Gasteiger partial charge in [0.15, 0.2) is 0 Å². The number of carbonyl (C=O) groups is 4. The number of imide groups is 1. The minimum absolute atomic E-state index is 0.170. The molecule has 106 valence electrons. The fourth-order valence-corrected chi connectivity index (χ4v) is 1.54. The molecule has 1 unspecified atom stereocenters. The summed E-state index contributed by atoms with van der Waals surface area (Å²) in [6, 6.07) is -0.711. The highest BCUT2D eigenvalue weighted by Crippen LogP contribution is 2.12. The van der Waals surface area contributed by atoms with E-state index in [-0.39, 0.29) is 19.0 Å². The van der Waals surface area contributed by atoms with Gasteiger partial charge in [0.2, 0.25) is 23.6 Å². The summed E-state index contributed by atoms with van der Waals surface area (Å²) in [6.45, 7) is 6.33. The Bertz CT molecular complexity index is 425. The van der Waals surface area contributed by atoms with Gasteiger partial charge in [0.1, 0.15) is 12.6 Å². The van der Waals surface area contributed by atoms with E-state index in [9.17, 15) is 19.2 Å². The van der Waals surface area contributed by atoms with E-state index in [0.717, 1.165) is 4.90 Å². The number of nitrogens with zero attached hydrogens (tertiary/aromatic N) is 1. The average molecular weight is 269 g/mol. The van der Waals surface area contributed by atoms with Gasteiger partial charge in [-0.3, -0.25) is 24.5 Å². The predicted molar refractivity (Wildman–Crippen MR) is 66.8 cm³/mol. The minimum Gasteiger partial charge on any atom is -0.347 e. The van der Waals surface area contributed by atoms with Crippen molar-refractivity contribution < 1.29 is 19.2 Å². The van der Waals surface area contributed by atoms with Gasteiger partial charge in [0.05, 0.1) is 6.54 Å². The molecule has 0 bridgehead atoms. The third kappa shape index (κ3) is 3.77. The molecule has 1 saturated heterocycles.